The molecule has 1 aromatic carbocycles. The fourth-order valence-electron chi connectivity index (χ4n) is 2.80. The van der Waals surface area contributed by atoms with Crippen molar-refractivity contribution < 1.29 is 14.3 Å². The number of hydrogen-bond donors (Lipinski definition) is 1. The second kappa shape index (κ2) is 9.06. The number of rotatable bonds is 8. The highest BCUT2D eigenvalue weighted by molar-refractivity contribution is 5.95. The summed E-state index contributed by atoms with van der Waals surface area (Å²) in [4.78, 5) is 23.7. The lowest BCUT2D eigenvalue weighted by molar-refractivity contribution is -0.143. The van der Waals surface area contributed by atoms with Crippen molar-refractivity contribution in [2.45, 2.75) is 40.2 Å². The summed E-state index contributed by atoms with van der Waals surface area (Å²) in [6.45, 7) is 7.34. The van der Waals surface area contributed by atoms with Gasteiger partial charge in [0.05, 0.1) is 12.2 Å². The predicted octanol–water partition coefficient (Wildman–Crippen LogP) is 3.23. The van der Waals surface area contributed by atoms with E-state index in [0.717, 1.165) is 17.9 Å². The molecule has 0 spiro atoms. The molecular formula is C20H26N2O3. The number of aryl methyl sites for hydroxylation is 1. The lowest BCUT2D eigenvalue weighted by Gasteiger charge is -2.10. The molecule has 0 aliphatic heterocycles. The van der Waals surface area contributed by atoms with Gasteiger partial charge in [0.15, 0.2) is 0 Å². The highest BCUT2D eigenvalue weighted by atomic mass is 16.5. The summed E-state index contributed by atoms with van der Waals surface area (Å²) in [7, 11) is 0. The van der Waals surface area contributed by atoms with Gasteiger partial charge >= 0.3 is 5.97 Å². The molecular weight excluding hydrogens is 316 g/mol. The Morgan fingerprint density at radius 3 is 2.56 bits per heavy atom. The average molecular weight is 342 g/mol. The first kappa shape index (κ1) is 18.8. The number of benzene rings is 1. The van der Waals surface area contributed by atoms with Gasteiger partial charge in [-0.3, -0.25) is 9.59 Å². The molecule has 25 heavy (non-hydrogen) atoms. The molecule has 0 saturated carbocycles. The SMILES string of the molecule is CCOC(=O)CCCNC(=O)c1cc(C)n(Cc2ccccc2)c1C. The van der Waals surface area contributed by atoms with Crippen molar-refractivity contribution >= 4 is 11.9 Å². The molecule has 0 atom stereocenters. The van der Waals surface area contributed by atoms with Crippen LogP contribution < -0.4 is 5.32 Å². The van der Waals surface area contributed by atoms with Gasteiger partial charge in [0, 0.05) is 30.9 Å². The van der Waals surface area contributed by atoms with Gasteiger partial charge in [-0.2, -0.15) is 0 Å². The summed E-state index contributed by atoms with van der Waals surface area (Å²) in [5.41, 5.74) is 3.89. The Morgan fingerprint density at radius 2 is 1.88 bits per heavy atom. The summed E-state index contributed by atoms with van der Waals surface area (Å²) in [6, 6.07) is 12.1. The van der Waals surface area contributed by atoms with Crippen LogP contribution in [0.15, 0.2) is 36.4 Å². The van der Waals surface area contributed by atoms with E-state index in [0.29, 0.717) is 31.6 Å². The molecule has 0 bridgehead atoms. The van der Waals surface area contributed by atoms with Crippen LogP contribution in [-0.4, -0.2) is 29.6 Å². The molecule has 2 rings (SSSR count). The van der Waals surface area contributed by atoms with E-state index < -0.39 is 0 Å². The van der Waals surface area contributed by atoms with E-state index >= 15 is 0 Å². The van der Waals surface area contributed by atoms with Crippen LogP contribution in [0.2, 0.25) is 0 Å². The molecule has 5 nitrogen and oxygen atoms in total. The van der Waals surface area contributed by atoms with Crippen molar-refractivity contribution in [3.05, 3.63) is 58.9 Å². The van der Waals surface area contributed by atoms with Gasteiger partial charge in [0.25, 0.3) is 5.91 Å². The van der Waals surface area contributed by atoms with E-state index in [9.17, 15) is 9.59 Å². The van der Waals surface area contributed by atoms with E-state index in [4.69, 9.17) is 4.74 Å². The van der Waals surface area contributed by atoms with Gasteiger partial charge in [-0.15, -0.1) is 0 Å². The average Bonchev–Trinajstić information content (AvgIpc) is 2.88. The van der Waals surface area contributed by atoms with Gasteiger partial charge in [-0.1, -0.05) is 30.3 Å². The molecule has 0 radical (unpaired) electrons. The number of nitrogens with one attached hydrogen (secondary N) is 1. The van der Waals surface area contributed by atoms with Crippen LogP contribution in [0.5, 0.6) is 0 Å². The van der Waals surface area contributed by atoms with Crippen molar-refractivity contribution in [3.63, 3.8) is 0 Å². The molecule has 1 amide bonds. The minimum Gasteiger partial charge on any atom is -0.466 e. The van der Waals surface area contributed by atoms with Crippen LogP contribution in [0.3, 0.4) is 0 Å². The third-order valence-corrected chi connectivity index (χ3v) is 4.15. The first-order valence-electron chi connectivity index (χ1n) is 8.67. The van der Waals surface area contributed by atoms with Crippen molar-refractivity contribution in [1.29, 1.82) is 0 Å². The van der Waals surface area contributed by atoms with Crippen molar-refractivity contribution in [3.8, 4) is 0 Å². The van der Waals surface area contributed by atoms with E-state index in [1.807, 2.05) is 38.1 Å². The van der Waals surface area contributed by atoms with E-state index in [1.54, 1.807) is 6.92 Å². The lowest BCUT2D eigenvalue weighted by atomic mass is 10.2. The second-order valence-corrected chi connectivity index (χ2v) is 6.02. The molecule has 5 heteroatoms. The number of carbonyl (C=O) groups is 2. The van der Waals surface area contributed by atoms with Gasteiger partial charge in [0.1, 0.15) is 0 Å². The van der Waals surface area contributed by atoms with E-state index in [2.05, 4.69) is 22.0 Å². The van der Waals surface area contributed by atoms with Crippen LogP contribution in [0, 0.1) is 13.8 Å². The Kier molecular flexibility index (Phi) is 6.81. The number of carbonyl (C=O) groups excluding carboxylic acids is 2. The van der Waals surface area contributed by atoms with Crippen LogP contribution in [-0.2, 0) is 16.1 Å². The van der Waals surface area contributed by atoms with Gasteiger partial charge < -0.3 is 14.6 Å². The molecule has 134 valence electrons. The van der Waals surface area contributed by atoms with Crippen LogP contribution in [0.25, 0.3) is 0 Å². The first-order valence-corrected chi connectivity index (χ1v) is 8.67. The van der Waals surface area contributed by atoms with Gasteiger partial charge in [-0.05, 0) is 38.8 Å². The number of esters is 1. The number of ether oxygens (including phenoxy) is 1. The highest BCUT2D eigenvalue weighted by Crippen LogP contribution is 2.17. The van der Waals surface area contributed by atoms with E-state index in [1.165, 1.54) is 5.56 Å². The Balaban J connectivity index is 1.94. The molecule has 0 aliphatic rings. The summed E-state index contributed by atoms with van der Waals surface area (Å²) >= 11 is 0. The smallest absolute Gasteiger partial charge is 0.305 e. The molecule has 1 N–H and O–H groups in total. The Hall–Kier alpha value is -2.56. The van der Waals surface area contributed by atoms with Crippen molar-refractivity contribution in [1.82, 2.24) is 9.88 Å². The van der Waals surface area contributed by atoms with E-state index in [-0.39, 0.29) is 11.9 Å². The predicted molar refractivity (Wildman–Crippen MR) is 97.7 cm³/mol. The Labute approximate surface area is 149 Å². The minimum absolute atomic E-state index is 0.101. The van der Waals surface area contributed by atoms with Crippen molar-refractivity contribution in [2.75, 3.05) is 13.2 Å². The topological polar surface area (TPSA) is 60.3 Å². The van der Waals surface area contributed by atoms with Gasteiger partial charge in [-0.25, -0.2) is 0 Å². The molecule has 0 unspecified atom stereocenters. The largest absolute Gasteiger partial charge is 0.466 e. The third kappa shape index (κ3) is 5.21. The standard InChI is InChI=1S/C20H26N2O3/c1-4-25-19(23)11-8-12-21-20(24)18-13-15(2)22(16(18)3)14-17-9-6-5-7-10-17/h5-7,9-10,13H,4,8,11-12,14H2,1-3H3,(H,21,24). The first-order chi connectivity index (χ1) is 12.0. The fraction of sp³-hybridized carbons (Fsp3) is 0.400. The Bertz CT molecular complexity index is 720. The molecule has 2 aromatic rings. The zero-order valence-corrected chi connectivity index (χ0v) is 15.2. The molecule has 0 aliphatic carbocycles. The highest BCUT2D eigenvalue weighted by Gasteiger charge is 2.15. The zero-order chi connectivity index (χ0) is 18.2. The normalized spacial score (nSPS) is 10.5. The molecule has 1 aromatic heterocycles. The summed E-state index contributed by atoms with van der Waals surface area (Å²) in [6.07, 6.45) is 0.897. The molecule has 1 heterocycles. The summed E-state index contributed by atoms with van der Waals surface area (Å²) < 4.78 is 7.02. The van der Waals surface area contributed by atoms with Crippen LogP contribution >= 0.6 is 0 Å². The number of hydrogen-bond acceptors (Lipinski definition) is 3. The van der Waals surface area contributed by atoms with Gasteiger partial charge in [0.2, 0.25) is 0 Å². The minimum atomic E-state index is -0.224. The maximum absolute atomic E-state index is 12.4. The molecule has 0 fully saturated rings. The zero-order valence-electron chi connectivity index (χ0n) is 15.2. The third-order valence-electron chi connectivity index (χ3n) is 4.15. The maximum Gasteiger partial charge on any atom is 0.305 e. The number of aromatic nitrogens is 1. The monoisotopic (exact) mass is 342 g/mol. The number of amides is 1. The summed E-state index contributed by atoms with van der Waals surface area (Å²) in [5, 5.41) is 2.88. The molecule has 0 saturated heterocycles. The number of nitrogens with zero attached hydrogens (tertiary/aromatic N) is 1. The van der Waals surface area contributed by atoms with Crippen molar-refractivity contribution in [2.24, 2.45) is 0 Å². The quantitative estimate of drug-likeness (QED) is 0.592. The fourth-order valence-corrected chi connectivity index (χ4v) is 2.80. The lowest BCUT2D eigenvalue weighted by Crippen LogP contribution is -2.25. The summed E-state index contributed by atoms with van der Waals surface area (Å²) in [5.74, 6) is -0.325. The van der Waals surface area contributed by atoms with Crippen LogP contribution in [0.1, 0.15) is 47.1 Å². The Morgan fingerprint density at radius 1 is 1.16 bits per heavy atom. The maximum atomic E-state index is 12.4. The van der Waals surface area contributed by atoms with Crippen LogP contribution in [0.4, 0.5) is 0 Å². The second-order valence-electron chi connectivity index (χ2n) is 6.02.